The summed E-state index contributed by atoms with van der Waals surface area (Å²) in [5, 5.41) is 0. The van der Waals surface area contributed by atoms with Gasteiger partial charge in [-0.25, -0.2) is 0 Å². The molecule has 0 saturated carbocycles. The van der Waals surface area contributed by atoms with E-state index in [1.165, 1.54) is 0 Å². The standard InChI is InChI=1S/C18H22O2/c1-4-5-6-7-8-9-10-11-12-13-14-15-20-18(19)16-17(2)3/h11-12,17H,10,13-16H2,1-3H3. The molecule has 0 radical (unpaired) electrons. The summed E-state index contributed by atoms with van der Waals surface area (Å²) in [4.78, 5) is 11.3. The van der Waals surface area contributed by atoms with Crippen LogP contribution in [-0.2, 0) is 9.53 Å². The van der Waals surface area contributed by atoms with Crippen LogP contribution in [-0.4, -0.2) is 12.6 Å². The number of ether oxygens (including phenoxy) is 1. The van der Waals surface area contributed by atoms with Crippen molar-refractivity contribution in [1.82, 2.24) is 0 Å². The second kappa shape index (κ2) is 13.3. The van der Waals surface area contributed by atoms with Crippen LogP contribution in [0.15, 0.2) is 12.2 Å². The van der Waals surface area contributed by atoms with Crippen molar-refractivity contribution in [1.29, 1.82) is 0 Å². The van der Waals surface area contributed by atoms with Gasteiger partial charge in [0, 0.05) is 12.8 Å². The van der Waals surface area contributed by atoms with Gasteiger partial charge >= 0.3 is 5.97 Å². The maximum atomic E-state index is 11.3. The van der Waals surface area contributed by atoms with E-state index in [1.807, 2.05) is 26.0 Å². The third-order valence-electron chi connectivity index (χ3n) is 2.14. The lowest BCUT2D eigenvalue weighted by molar-refractivity contribution is -0.144. The second-order valence-corrected chi connectivity index (χ2v) is 4.56. The summed E-state index contributed by atoms with van der Waals surface area (Å²) in [7, 11) is 0. The SMILES string of the molecule is CC#CC#CC#CCC=CCCCOC(=O)CC(C)C. The molecule has 0 fully saturated rings. The van der Waals surface area contributed by atoms with E-state index in [4.69, 9.17) is 4.74 Å². The van der Waals surface area contributed by atoms with Crippen molar-refractivity contribution >= 4 is 5.97 Å². The van der Waals surface area contributed by atoms with Gasteiger partial charge in [0.1, 0.15) is 0 Å². The molecular formula is C18H22O2. The van der Waals surface area contributed by atoms with E-state index in [1.54, 1.807) is 6.92 Å². The average Bonchev–Trinajstić information content (AvgIpc) is 2.39. The molecule has 0 bridgehead atoms. The fraction of sp³-hybridized carbons (Fsp3) is 0.500. The topological polar surface area (TPSA) is 26.3 Å². The summed E-state index contributed by atoms with van der Waals surface area (Å²) in [6.45, 7) is 6.24. The molecule has 2 heteroatoms. The van der Waals surface area contributed by atoms with E-state index < -0.39 is 0 Å². The van der Waals surface area contributed by atoms with Crippen molar-refractivity contribution in [2.24, 2.45) is 5.92 Å². The molecule has 0 aromatic rings. The third-order valence-corrected chi connectivity index (χ3v) is 2.14. The Kier molecular flexibility index (Phi) is 11.9. The monoisotopic (exact) mass is 270 g/mol. The van der Waals surface area contributed by atoms with Gasteiger partial charge in [0.15, 0.2) is 0 Å². The summed E-state index contributed by atoms with van der Waals surface area (Å²) >= 11 is 0. The van der Waals surface area contributed by atoms with Gasteiger partial charge in [-0.2, -0.15) is 0 Å². The molecule has 0 atom stereocenters. The van der Waals surface area contributed by atoms with Crippen LogP contribution in [0, 0.1) is 41.4 Å². The number of unbranched alkanes of at least 4 members (excludes halogenated alkanes) is 1. The summed E-state index contributed by atoms with van der Waals surface area (Å²) in [5.74, 6) is 16.4. The first kappa shape index (κ1) is 17.9. The lowest BCUT2D eigenvalue weighted by Gasteiger charge is -2.05. The number of carbonyl (C=O) groups is 1. The molecule has 106 valence electrons. The van der Waals surface area contributed by atoms with Gasteiger partial charge in [0.05, 0.1) is 6.61 Å². The first-order valence-electron chi connectivity index (χ1n) is 6.87. The first-order valence-corrected chi connectivity index (χ1v) is 6.87. The number of esters is 1. The van der Waals surface area contributed by atoms with Crippen LogP contribution in [0.25, 0.3) is 0 Å². The number of rotatable bonds is 7. The minimum absolute atomic E-state index is 0.108. The third kappa shape index (κ3) is 14.0. The molecule has 0 N–H and O–H groups in total. The Bertz CT molecular complexity index is 479. The molecule has 0 aromatic heterocycles. The zero-order valence-electron chi connectivity index (χ0n) is 12.6. The quantitative estimate of drug-likeness (QED) is 0.307. The Balaban J connectivity index is 3.56. The van der Waals surface area contributed by atoms with Gasteiger partial charge in [0.25, 0.3) is 0 Å². The number of hydrogen-bond acceptors (Lipinski definition) is 2. The molecule has 0 amide bonds. The lowest BCUT2D eigenvalue weighted by atomic mass is 10.1. The molecule has 2 nitrogen and oxygen atoms in total. The van der Waals surface area contributed by atoms with E-state index in [9.17, 15) is 4.79 Å². The van der Waals surface area contributed by atoms with Crippen LogP contribution >= 0.6 is 0 Å². The minimum atomic E-state index is -0.108. The fourth-order valence-electron chi connectivity index (χ4n) is 1.26. The van der Waals surface area contributed by atoms with E-state index in [0.717, 1.165) is 12.8 Å². The van der Waals surface area contributed by atoms with Crippen LogP contribution in [0.4, 0.5) is 0 Å². The summed E-state index contributed by atoms with van der Waals surface area (Å²) < 4.78 is 5.10. The molecule has 0 rings (SSSR count). The van der Waals surface area contributed by atoms with Crippen molar-refractivity contribution < 1.29 is 9.53 Å². The van der Waals surface area contributed by atoms with E-state index in [0.29, 0.717) is 25.4 Å². The Morgan fingerprint density at radius 3 is 2.60 bits per heavy atom. The molecular weight excluding hydrogens is 248 g/mol. The number of allylic oxidation sites excluding steroid dienone is 2. The maximum absolute atomic E-state index is 11.3. The minimum Gasteiger partial charge on any atom is -0.466 e. The zero-order valence-corrected chi connectivity index (χ0v) is 12.6. The maximum Gasteiger partial charge on any atom is 0.306 e. The molecule has 0 aliphatic rings. The Labute approximate surface area is 123 Å². The highest BCUT2D eigenvalue weighted by Crippen LogP contribution is 2.02. The Morgan fingerprint density at radius 1 is 1.15 bits per heavy atom. The highest BCUT2D eigenvalue weighted by molar-refractivity contribution is 5.69. The van der Waals surface area contributed by atoms with Gasteiger partial charge in [-0.3, -0.25) is 4.79 Å². The molecule has 0 saturated heterocycles. The number of hydrogen-bond donors (Lipinski definition) is 0. The molecule has 0 spiro atoms. The summed E-state index contributed by atoms with van der Waals surface area (Å²) in [6.07, 6.45) is 6.96. The van der Waals surface area contributed by atoms with Crippen molar-refractivity contribution in [3.8, 4) is 35.5 Å². The highest BCUT2D eigenvalue weighted by atomic mass is 16.5. The number of carbonyl (C=O) groups excluding carboxylic acids is 1. The van der Waals surface area contributed by atoms with Gasteiger partial charge < -0.3 is 4.74 Å². The predicted octanol–water partition coefficient (Wildman–Crippen LogP) is 3.33. The van der Waals surface area contributed by atoms with Gasteiger partial charge in [-0.1, -0.05) is 37.8 Å². The predicted molar refractivity (Wildman–Crippen MR) is 82.4 cm³/mol. The fourth-order valence-corrected chi connectivity index (χ4v) is 1.26. The molecule has 0 heterocycles. The van der Waals surface area contributed by atoms with Crippen molar-refractivity contribution in [3.63, 3.8) is 0 Å². The van der Waals surface area contributed by atoms with E-state index in [-0.39, 0.29) is 5.97 Å². The molecule has 0 unspecified atom stereocenters. The zero-order chi connectivity index (χ0) is 15.1. The van der Waals surface area contributed by atoms with Gasteiger partial charge in [-0.15, -0.1) is 0 Å². The molecule has 0 aromatic carbocycles. The molecule has 0 aliphatic carbocycles. The van der Waals surface area contributed by atoms with Crippen LogP contribution in [0.2, 0.25) is 0 Å². The van der Waals surface area contributed by atoms with Crippen molar-refractivity contribution in [2.75, 3.05) is 6.61 Å². The van der Waals surface area contributed by atoms with E-state index in [2.05, 4.69) is 35.5 Å². The van der Waals surface area contributed by atoms with E-state index >= 15 is 0 Å². The van der Waals surface area contributed by atoms with Gasteiger partial charge in [0.2, 0.25) is 0 Å². The highest BCUT2D eigenvalue weighted by Gasteiger charge is 2.04. The molecule has 0 aliphatic heterocycles. The largest absolute Gasteiger partial charge is 0.466 e. The Hall–Kier alpha value is -2.11. The first-order chi connectivity index (χ1) is 9.66. The van der Waals surface area contributed by atoms with Gasteiger partial charge in [-0.05, 0) is 49.4 Å². The summed E-state index contributed by atoms with van der Waals surface area (Å²) in [5.41, 5.74) is 0. The average molecular weight is 270 g/mol. The smallest absolute Gasteiger partial charge is 0.306 e. The van der Waals surface area contributed by atoms with Crippen LogP contribution < -0.4 is 0 Å². The normalized spacial score (nSPS) is 9.00. The van der Waals surface area contributed by atoms with Crippen molar-refractivity contribution in [2.45, 2.75) is 46.5 Å². The molecule has 20 heavy (non-hydrogen) atoms. The lowest BCUT2D eigenvalue weighted by Crippen LogP contribution is -2.08. The van der Waals surface area contributed by atoms with Crippen LogP contribution in [0.5, 0.6) is 0 Å². The Morgan fingerprint density at radius 2 is 1.90 bits per heavy atom. The summed E-state index contributed by atoms with van der Waals surface area (Å²) in [6, 6.07) is 0. The van der Waals surface area contributed by atoms with Crippen LogP contribution in [0.1, 0.15) is 46.5 Å². The van der Waals surface area contributed by atoms with Crippen molar-refractivity contribution in [3.05, 3.63) is 12.2 Å². The van der Waals surface area contributed by atoms with Crippen LogP contribution in [0.3, 0.4) is 0 Å². The second-order valence-electron chi connectivity index (χ2n) is 4.56.